The molecule has 0 aliphatic rings. The van der Waals surface area contributed by atoms with E-state index in [0.29, 0.717) is 17.1 Å². The van der Waals surface area contributed by atoms with Crippen molar-refractivity contribution in [2.75, 3.05) is 21.3 Å². The topological polar surface area (TPSA) is 30.5 Å². The zero-order valence-electron chi connectivity index (χ0n) is 9.46. The third kappa shape index (κ3) is 2.61. The molecule has 1 aromatic rings. The summed E-state index contributed by atoms with van der Waals surface area (Å²) < 4.78 is 35.5. The molecule has 3 nitrogen and oxygen atoms in total. The number of hydrogen-bond acceptors (Lipinski definition) is 3. The van der Waals surface area contributed by atoms with Crippen LogP contribution in [0, 0.1) is 0 Å². The molecule has 1 N–H and O–H groups in total. The van der Waals surface area contributed by atoms with E-state index in [2.05, 4.69) is 5.32 Å². The number of alkyl halides is 2. The van der Waals surface area contributed by atoms with Gasteiger partial charge in [-0.2, -0.15) is 0 Å². The second kappa shape index (κ2) is 5.65. The van der Waals surface area contributed by atoms with Crippen molar-refractivity contribution in [3.8, 4) is 11.5 Å². The van der Waals surface area contributed by atoms with Crippen molar-refractivity contribution in [1.29, 1.82) is 0 Å². The third-order valence-corrected chi connectivity index (χ3v) is 2.34. The van der Waals surface area contributed by atoms with E-state index >= 15 is 0 Å². The predicted molar refractivity (Wildman–Crippen MR) is 57.4 cm³/mol. The van der Waals surface area contributed by atoms with Gasteiger partial charge in [-0.05, 0) is 19.2 Å². The number of halogens is 2. The largest absolute Gasteiger partial charge is 0.497 e. The van der Waals surface area contributed by atoms with Crippen LogP contribution < -0.4 is 14.8 Å². The highest BCUT2D eigenvalue weighted by atomic mass is 19.3. The molecule has 1 atom stereocenters. The summed E-state index contributed by atoms with van der Waals surface area (Å²) in [5, 5.41) is 2.56. The minimum atomic E-state index is -2.49. The molecule has 0 saturated carbocycles. The van der Waals surface area contributed by atoms with Crippen LogP contribution in [0.3, 0.4) is 0 Å². The fourth-order valence-electron chi connectivity index (χ4n) is 1.49. The lowest BCUT2D eigenvalue weighted by Crippen LogP contribution is -2.24. The summed E-state index contributed by atoms with van der Waals surface area (Å²) >= 11 is 0. The van der Waals surface area contributed by atoms with Crippen molar-refractivity contribution in [3.05, 3.63) is 23.8 Å². The number of benzene rings is 1. The van der Waals surface area contributed by atoms with Gasteiger partial charge in [0.05, 0.1) is 20.3 Å². The lowest BCUT2D eigenvalue weighted by Gasteiger charge is -2.18. The first-order chi connectivity index (χ1) is 7.63. The maximum Gasteiger partial charge on any atom is 0.257 e. The van der Waals surface area contributed by atoms with Crippen LogP contribution in [0.2, 0.25) is 0 Å². The Kier molecular flexibility index (Phi) is 4.49. The molecule has 0 saturated heterocycles. The number of methoxy groups -OCH3 is 2. The lowest BCUT2D eigenvalue weighted by molar-refractivity contribution is 0.101. The molecule has 0 bridgehead atoms. The number of nitrogens with one attached hydrogen (secondary N) is 1. The van der Waals surface area contributed by atoms with Gasteiger partial charge in [0.2, 0.25) is 0 Å². The molecule has 0 spiro atoms. The highest BCUT2D eigenvalue weighted by Gasteiger charge is 2.23. The van der Waals surface area contributed by atoms with E-state index in [-0.39, 0.29) is 0 Å². The van der Waals surface area contributed by atoms with Gasteiger partial charge < -0.3 is 14.8 Å². The molecule has 0 aliphatic heterocycles. The molecule has 0 fully saturated rings. The van der Waals surface area contributed by atoms with Crippen LogP contribution in [-0.2, 0) is 0 Å². The third-order valence-electron chi connectivity index (χ3n) is 2.34. The lowest BCUT2D eigenvalue weighted by atomic mass is 10.1. The Morgan fingerprint density at radius 1 is 1.19 bits per heavy atom. The van der Waals surface area contributed by atoms with E-state index < -0.39 is 12.5 Å². The Morgan fingerprint density at radius 3 is 2.31 bits per heavy atom. The van der Waals surface area contributed by atoms with Gasteiger partial charge in [0.25, 0.3) is 6.43 Å². The predicted octanol–water partition coefficient (Wildman–Crippen LogP) is 2.23. The molecule has 5 heteroatoms. The summed E-state index contributed by atoms with van der Waals surface area (Å²) in [5.74, 6) is 0.962. The van der Waals surface area contributed by atoms with Gasteiger partial charge in [-0.1, -0.05) is 0 Å². The number of ether oxygens (including phenoxy) is 2. The van der Waals surface area contributed by atoms with Crippen LogP contribution in [0.4, 0.5) is 8.78 Å². The summed E-state index contributed by atoms with van der Waals surface area (Å²) in [4.78, 5) is 0. The average molecular weight is 231 g/mol. The molecule has 0 aromatic heterocycles. The molecule has 1 rings (SSSR count). The van der Waals surface area contributed by atoms with Crippen molar-refractivity contribution in [3.63, 3.8) is 0 Å². The quantitative estimate of drug-likeness (QED) is 0.843. The molecule has 1 aromatic carbocycles. The first-order valence-electron chi connectivity index (χ1n) is 4.81. The Bertz CT molecular complexity index is 345. The zero-order chi connectivity index (χ0) is 12.1. The van der Waals surface area contributed by atoms with E-state index in [4.69, 9.17) is 9.47 Å². The average Bonchev–Trinajstić information content (AvgIpc) is 2.29. The van der Waals surface area contributed by atoms with Crippen molar-refractivity contribution in [1.82, 2.24) is 5.32 Å². The maximum atomic E-state index is 12.7. The summed E-state index contributed by atoms with van der Waals surface area (Å²) in [6, 6.07) is 3.75. The minimum Gasteiger partial charge on any atom is -0.497 e. The molecule has 0 amide bonds. The van der Waals surface area contributed by atoms with Gasteiger partial charge in [0, 0.05) is 11.6 Å². The highest BCUT2D eigenvalue weighted by Crippen LogP contribution is 2.32. The normalized spacial score (nSPS) is 12.6. The van der Waals surface area contributed by atoms with E-state index in [1.807, 2.05) is 0 Å². The fourth-order valence-corrected chi connectivity index (χ4v) is 1.49. The second-order valence-corrected chi connectivity index (χ2v) is 3.21. The molecule has 1 unspecified atom stereocenters. The molecular formula is C11H15F2NO2. The fraction of sp³-hybridized carbons (Fsp3) is 0.455. The Hall–Kier alpha value is -1.36. The van der Waals surface area contributed by atoms with Crippen LogP contribution in [-0.4, -0.2) is 27.7 Å². The first kappa shape index (κ1) is 12.7. The van der Waals surface area contributed by atoms with E-state index in [9.17, 15) is 8.78 Å². The zero-order valence-corrected chi connectivity index (χ0v) is 9.46. The molecule has 0 heterocycles. The molecule has 16 heavy (non-hydrogen) atoms. The van der Waals surface area contributed by atoms with Crippen LogP contribution >= 0.6 is 0 Å². The van der Waals surface area contributed by atoms with Crippen molar-refractivity contribution in [2.45, 2.75) is 12.5 Å². The van der Waals surface area contributed by atoms with Gasteiger partial charge in [0.15, 0.2) is 0 Å². The highest BCUT2D eigenvalue weighted by molar-refractivity contribution is 5.42. The number of hydrogen-bond donors (Lipinski definition) is 1. The minimum absolute atomic E-state index is 0.388. The molecule has 0 radical (unpaired) electrons. The number of rotatable bonds is 5. The summed E-state index contributed by atoms with van der Waals surface area (Å²) in [6.45, 7) is 0. The summed E-state index contributed by atoms with van der Waals surface area (Å²) in [5.41, 5.74) is 0.417. The summed E-state index contributed by atoms with van der Waals surface area (Å²) in [6.07, 6.45) is -2.49. The van der Waals surface area contributed by atoms with E-state index in [0.717, 1.165) is 0 Å². The second-order valence-electron chi connectivity index (χ2n) is 3.21. The van der Waals surface area contributed by atoms with Crippen molar-refractivity contribution in [2.24, 2.45) is 0 Å². The van der Waals surface area contributed by atoms with Gasteiger partial charge in [0.1, 0.15) is 11.5 Å². The van der Waals surface area contributed by atoms with Gasteiger partial charge in [-0.25, -0.2) is 8.78 Å². The van der Waals surface area contributed by atoms with Crippen LogP contribution in [0.1, 0.15) is 11.6 Å². The van der Waals surface area contributed by atoms with E-state index in [1.165, 1.54) is 21.3 Å². The first-order valence-corrected chi connectivity index (χ1v) is 4.81. The van der Waals surface area contributed by atoms with Crippen LogP contribution in [0.5, 0.6) is 11.5 Å². The van der Waals surface area contributed by atoms with Crippen molar-refractivity contribution >= 4 is 0 Å². The monoisotopic (exact) mass is 231 g/mol. The SMILES string of the molecule is CNC(c1ccc(OC)cc1OC)C(F)F. The van der Waals surface area contributed by atoms with Gasteiger partial charge >= 0.3 is 0 Å². The van der Waals surface area contributed by atoms with Crippen LogP contribution in [0.25, 0.3) is 0 Å². The standard InChI is InChI=1S/C11H15F2NO2/c1-14-10(11(12)13)8-5-4-7(15-2)6-9(8)16-3/h4-6,10-11,14H,1-3H3. The van der Waals surface area contributed by atoms with Gasteiger partial charge in [-0.3, -0.25) is 0 Å². The Balaban J connectivity index is 3.11. The Morgan fingerprint density at radius 2 is 1.88 bits per heavy atom. The maximum absolute atomic E-state index is 12.7. The van der Waals surface area contributed by atoms with E-state index in [1.54, 1.807) is 18.2 Å². The van der Waals surface area contributed by atoms with Crippen LogP contribution in [0.15, 0.2) is 18.2 Å². The van der Waals surface area contributed by atoms with Gasteiger partial charge in [-0.15, -0.1) is 0 Å². The Labute approximate surface area is 93.4 Å². The van der Waals surface area contributed by atoms with Crippen molar-refractivity contribution < 1.29 is 18.3 Å². The smallest absolute Gasteiger partial charge is 0.257 e. The summed E-state index contributed by atoms with van der Waals surface area (Å²) in [7, 11) is 4.44. The molecule has 90 valence electrons. The molecule has 0 aliphatic carbocycles. The molecular weight excluding hydrogens is 216 g/mol.